The summed E-state index contributed by atoms with van der Waals surface area (Å²) in [5.41, 5.74) is 0.878. The van der Waals surface area contributed by atoms with Gasteiger partial charge in [0.25, 0.3) is 0 Å². The Morgan fingerprint density at radius 1 is 1.08 bits per heavy atom. The molecule has 0 unspecified atom stereocenters. The molecule has 6 heteroatoms. The number of nitrogens with zero attached hydrogens (tertiary/aromatic N) is 3. The zero-order valence-corrected chi connectivity index (χ0v) is 16.0. The Morgan fingerprint density at radius 2 is 1.71 bits per heavy atom. The van der Waals surface area contributed by atoms with Crippen LogP contribution < -0.4 is 5.32 Å². The fraction of sp³-hybridized carbons (Fsp3) is 0.500. The van der Waals surface area contributed by atoms with Crippen molar-refractivity contribution >= 4 is 34.4 Å². The number of nitrogens with one attached hydrogen (secondary N) is 1. The predicted octanol–water partition coefficient (Wildman–Crippen LogP) is 3.80. The molecule has 0 bridgehead atoms. The summed E-state index contributed by atoms with van der Waals surface area (Å²) in [5.74, 6) is 0.903. The second kappa shape index (κ2) is 7.83. The maximum atomic E-state index is 12.8. The lowest BCUT2D eigenvalue weighted by atomic mass is 10.2. The van der Waals surface area contributed by atoms with Crippen LogP contribution in [0.2, 0.25) is 0 Å². The van der Waals surface area contributed by atoms with E-state index in [1.807, 2.05) is 70.8 Å². The number of fused-ring (bicyclic) bond motifs is 1. The first kappa shape index (κ1) is 18.5. The van der Waals surface area contributed by atoms with E-state index in [0.717, 1.165) is 16.7 Å². The van der Waals surface area contributed by atoms with Crippen LogP contribution in [0.25, 0.3) is 10.9 Å². The molecule has 1 aromatic carbocycles. The Morgan fingerprint density at radius 3 is 2.29 bits per heavy atom. The van der Waals surface area contributed by atoms with Gasteiger partial charge in [0, 0.05) is 24.5 Å². The third-order valence-corrected chi connectivity index (χ3v) is 4.77. The van der Waals surface area contributed by atoms with Crippen LogP contribution >= 0.6 is 11.8 Å². The van der Waals surface area contributed by atoms with Crippen molar-refractivity contribution in [3.8, 4) is 0 Å². The Labute approximate surface area is 148 Å². The first-order chi connectivity index (χ1) is 11.3. The van der Waals surface area contributed by atoms with Crippen LogP contribution in [0.3, 0.4) is 0 Å². The van der Waals surface area contributed by atoms with Crippen molar-refractivity contribution in [3.63, 3.8) is 0 Å². The van der Waals surface area contributed by atoms with E-state index in [4.69, 9.17) is 0 Å². The topological polar surface area (TPSA) is 58.1 Å². The highest BCUT2D eigenvalue weighted by atomic mass is 32.2. The summed E-state index contributed by atoms with van der Waals surface area (Å²) in [5, 5.41) is 4.47. The van der Waals surface area contributed by atoms with Crippen LogP contribution in [0.5, 0.6) is 0 Å². The van der Waals surface area contributed by atoms with Crippen molar-refractivity contribution in [2.75, 3.05) is 12.4 Å². The first-order valence-electron chi connectivity index (χ1n) is 8.28. The molecule has 0 aliphatic rings. The van der Waals surface area contributed by atoms with Crippen molar-refractivity contribution in [1.82, 2.24) is 14.9 Å². The summed E-state index contributed by atoms with van der Waals surface area (Å²) in [6.45, 7) is 10.1. The molecular weight excluding hydrogens is 320 g/mol. The smallest absolute Gasteiger partial charge is 0.236 e. The maximum absolute atomic E-state index is 12.8. The van der Waals surface area contributed by atoms with Gasteiger partial charge in [-0.1, -0.05) is 23.9 Å². The van der Waals surface area contributed by atoms with Crippen molar-refractivity contribution < 1.29 is 4.79 Å². The van der Waals surface area contributed by atoms with Gasteiger partial charge in [0.2, 0.25) is 5.91 Å². The molecular formula is C18H26N4OS. The summed E-state index contributed by atoms with van der Waals surface area (Å²) in [6.07, 6.45) is 0. The molecule has 1 amide bonds. The summed E-state index contributed by atoms with van der Waals surface area (Å²) in [6, 6.07) is 8.22. The lowest BCUT2D eigenvalue weighted by Gasteiger charge is -2.32. The molecule has 0 saturated carbocycles. The summed E-state index contributed by atoms with van der Waals surface area (Å²) in [7, 11) is 1.84. The van der Waals surface area contributed by atoms with Crippen LogP contribution in [-0.2, 0) is 4.79 Å². The average Bonchev–Trinajstić information content (AvgIpc) is 2.53. The zero-order valence-electron chi connectivity index (χ0n) is 15.2. The van der Waals surface area contributed by atoms with Crippen LogP contribution in [0.15, 0.2) is 29.4 Å². The van der Waals surface area contributed by atoms with Gasteiger partial charge in [-0.05, 0) is 46.8 Å². The van der Waals surface area contributed by atoms with E-state index in [9.17, 15) is 4.79 Å². The third-order valence-electron chi connectivity index (χ3n) is 3.82. The average molecular weight is 346 g/mol. The quantitative estimate of drug-likeness (QED) is 0.637. The monoisotopic (exact) mass is 346 g/mol. The molecule has 1 heterocycles. The summed E-state index contributed by atoms with van der Waals surface area (Å²) >= 11 is 1.41. The second-order valence-corrected chi connectivity index (χ2v) is 7.62. The minimum absolute atomic E-state index is 0.118. The van der Waals surface area contributed by atoms with Gasteiger partial charge in [-0.15, -0.1) is 0 Å². The lowest BCUT2D eigenvalue weighted by Crippen LogP contribution is -2.45. The van der Waals surface area contributed by atoms with Gasteiger partial charge in [0.15, 0.2) is 5.16 Å². The van der Waals surface area contributed by atoms with E-state index in [1.165, 1.54) is 11.8 Å². The largest absolute Gasteiger partial charge is 0.372 e. The van der Waals surface area contributed by atoms with E-state index < -0.39 is 0 Å². The fourth-order valence-corrected chi connectivity index (χ4v) is 3.66. The maximum Gasteiger partial charge on any atom is 0.236 e. The number of rotatable bonds is 6. The van der Waals surface area contributed by atoms with E-state index in [0.29, 0.717) is 5.16 Å². The van der Waals surface area contributed by atoms with Crippen LogP contribution in [0.4, 0.5) is 5.82 Å². The molecule has 0 aliphatic carbocycles. The van der Waals surface area contributed by atoms with E-state index in [1.54, 1.807) is 0 Å². The van der Waals surface area contributed by atoms with Gasteiger partial charge < -0.3 is 10.2 Å². The fourth-order valence-electron chi connectivity index (χ4n) is 2.82. The van der Waals surface area contributed by atoms with Crippen molar-refractivity contribution in [2.45, 2.75) is 57.1 Å². The molecule has 0 radical (unpaired) electrons. The minimum atomic E-state index is -0.235. The van der Waals surface area contributed by atoms with Crippen molar-refractivity contribution in [2.24, 2.45) is 0 Å². The van der Waals surface area contributed by atoms with Gasteiger partial charge >= 0.3 is 0 Å². The van der Waals surface area contributed by atoms with Crippen molar-refractivity contribution in [3.05, 3.63) is 24.3 Å². The van der Waals surface area contributed by atoms with E-state index in [-0.39, 0.29) is 23.2 Å². The molecule has 1 N–H and O–H groups in total. The third kappa shape index (κ3) is 3.98. The van der Waals surface area contributed by atoms with E-state index >= 15 is 0 Å². The molecule has 0 fully saturated rings. The second-order valence-electron chi connectivity index (χ2n) is 6.32. The SMILES string of the molecule is CNc1nc(S[C@H](C)C(=O)N(C(C)C)C(C)C)nc2ccccc12. The van der Waals surface area contributed by atoms with Crippen molar-refractivity contribution in [1.29, 1.82) is 0 Å². The zero-order chi connectivity index (χ0) is 17.9. The molecule has 1 aromatic heterocycles. The number of hydrogen-bond acceptors (Lipinski definition) is 5. The molecule has 24 heavy (non-hydrogen) atoms. The molecule has 0 saturated heterocycles. The Bertz CT molecular complexity index is 709. The molecule has 0 spiro atoms. The van der Waals surface area contributed by atoms with Gasteiger partial charge in [0.1, 0.15) is 5.82 Å². The highest BCUT2D eigenvalue weighted by Gasteiger charge is 2.26. The van der Waals surface area contributed by atoms with Gasteiger partial charge in [-0.2, -0.15) is 0 Å². The Kier molecular flexibility index (Phi) is 6.04. The predicted molar refractivity (Wildman–Crippen MR) is 102 cm³/mol. The highest BCUT2D eigenvalue weighted by Crippen LogP contribution is 2.27. The molecule has 2 aromatic rings. The van der Waals surface area contributed by atoms with Crippen LogP contribution in [0.1, 0.15) is 34.6 Å². The lowest BCUT2D eigenvalue weighted by molar-refractivity contribution is -0.133. The normalized spacial score (nSPS) is 12.7. The standard InChI is InChI=1S/C18H26N4OS/c1-11(2)22(12(3)4)17(23)13(5)24-18-20-15-10-8-7-9-14(15)16(19-6)21-18/h7-13H,1-6H3,(H,19,20,21)/t13-/m1/s1. The number of carbonyl (C=O) groups is 1. The first-order valence-corrected chi connectivity index (χ1v) is 9.16. The molecule has 1 atom stereocenters. The number of carbonyl (C=O) groups excluding carboxylic acids is 1. The number of hydrogen-bond donors (Lipinski definition) is 1. The minimum Gasteiger partial charge on any atom is -0.372 e. The Balaban J connectivity index is 2.27. The van der Waals surface area contributed by atoms with E-state index in [2.05, 4.69) is 15.3 Å². The molecule has 0 aliphatic heterocycles. The van der Waals surface area contributed by atoms with Gasteiger partial charge in [0.05, 0.1) is 10.8 Å². The van der Waals surface area contributed by atoms with Crippen LogP contribution in [-0.4, -0.2) is 45.2 Å². The summed E-state index contributed by atoms with van der Waals surface area (Å²) < 4.78 is 0. The Hall–Kier alpha value is -1.82. The molecule has 2 rings (SSSR count). The van der Waals surface area contributed by atoms with Crippen LogP contribution in [0, 0.1) is 0 Å². The van der Waals surface area contributed by atoms with Gasteiger partial charge in [-0.3, -0.25) is 4.79 Å². The molecule has 5 nitrogen and oxygen atoms in total. The number of thioether (sulfide) groups is 1. The molecule has 130 valence electrons. The number of aromatic nitrogens is 2. The summed E-state index contributed by atoms with van der Waals surface area (Å²) in [4.78, 5) is 23.9. The highest BCUT2D eigenvalue weighted by molar-refractivity contribution is 8.00. The van der Waals surface area contributed by atoms with Gasteiger partial charge in [-0.25, -0.2) is 9.97 Å². The number of para-hydroxylation sites is 1. The number of amides is 1. The number of benzene rings is 1. The number of anilines is 1.